The summed E-state index contributed by atoms with van der Waals surface area (Å²) in [6, 6.07) is 15.9. The maximum atomic E-state index is 13.1. The van der Waals surface area contributed by atoms with Gasteiger partial charge in [-0.15, -0.1) is 0 Å². The Morgan fingerprint density at radius 3 is 2.29 bits per heavy atom. The summed E-state index contributed by atoms with van der Waals surface area (Å²) in [7, 11) is -0.0220. The third-order valence-electron chi connectivity index (χ3n) is 6.20. The molecule has 8 nitrogen and oxygen atoms in total. The first kappa shape index (κ1) is 24.0. The maximum absolute atomic E-state index is 13.1. The molecule has 1 N–H and O–H groups in total. The van der Waals surface area contributed by atoms with Gasteiger partial charge in [0.15, 0.2) is 0 Å². The van der Waals surface area contributed by atoms with Gasteiger partial charge < -0.3 is 19.5 Å². The molecule has 0 radical (unpaired) electrons. The van der Waals surface area contributed by atoms with E-state index in [1.54, 1.807) is 25.3 Å². The minimum Gasteiger partial charge on any atom is -0.497 e. The summed E-state index contributed by atoms with van der Waals surface area (Å²) in [5.74, 6) is 0.470. The van der Waals surface area contributed by atoms with E-state index in [4.69, 9.17) is 4.74 Å². The minimum absolute atomic E-state index is 0.179. The fraction of sp³-hybridized carbons (Fsp3) is 0.320. The zero-order chi connectivity index (χ0) is 24.5. The van der Waals surface area contributed by atoms with Gasteiger partial charge in [0, 0.05) is 48.9 Å². The Bertz CT molecular complexity index is 1290. The van der Waals surface area contributed by atoms with Gasteiger partial charge in [0.05, 0.1) is 17.6 Å². The lowest BCUT2D eigenvalue weighted by Gasteiger charge is -2.31. The number of methoxy groups -OCH3 is 1. The number of hydrogen-bond acceptors (Lipinski definition) is 5. The number of likely N-dealkylation sites (N-methyl/N-ethyl adjacent to an activating group) is 1. The summed E-state index contributed by atoms with van der Waals surface area (Å²) in [4.78, 5) is 15.4. The van der Waals surface area contributed by atoms with E-state index < -0.39 is 10.0 Å². The Balaban J connectivity index is 1.56. The van der Waals surface area contributed by atoms with Crippen LogP contribution >= 0.6 is 0 Å². The van der Waals surface area contributed by atoms with Crippen LogP contribution in [0.2, 0.25) is 0 Å². The predicted molar refractivity (Wildman–Crippen MR) is 132 cm³/mol. The molecule has 0 bridgehead atoms. The lowest BCUT2D eigenvalue weighted by atomic mass is 10.2. The SMILES string of the molecule is COc1ccc(-n2c(C)cc(C(=O)Nc3cccc(S(=O)(=O)N4CCN(C)CC4)c3)c2C)cc1. The second-order valence-corrected chi connectivity index (χ2v) is 10.4. The van der Waals surface area contributed by atoms with Crippen molar-refractivity contribution in [2.75, 3.05) is 45.7 Å². The van der Waals surface area contributed by atoms with Crippen LogP contribution in [0.4, 0.5) is 5.69 Å². The van der Waals surface area contributed by atoms with Gasteiger partial charge in [0.25, 0.3) is 5.91 Å². The highest BCUT2D eigenvalue weighted by atomic mass is 32.2. The number of benzene rings is 2. The summed E-state index contributed by atoms with van der Waals surface area (Å²) in [5, 5.41) is 2.87. The van der Waals surface area contributed by atoms with Gasteiger partial charge in [0.2, 0.25) is 10.0 Å². The molecule has 4 rings (SSSR count). The van der Waals surface area contributed by atoms with Crippen molar-refractivity contribution in [3.05, 3.63) is 71.5 Å². The molecule has 2 heterocycles. The van der Waals surface area contributed by atoms with Crippen LogP contribution in [-0.4, -0.2) is 68.4 Å². The Hall–Kier alpha value is -3.14. The standard InChI is InChI=1S/C25H30N4O4S/c1-18-16-24(19(2)29(18)21-8-10-22(33-4)11-9-21)25(30)26-20-6-5-7-23(17-20)34(31,32)28-14-12-27(3)13-15-28/h5-11,16-17H,12-15H2,1-4H3,(H,26,30). The zero-order valence-electron chi connectivity index (χ0n) is 19.9. The molecule has 1 aliphatic rings. The Kier molecular flexibility index (Phi) is 6.79. The van der Waals surface area contributed by atoms with Crippen LogP contribution in [0.1, 0.15) is 21.7 Å². The van der Waals surface area contributed by atoms with Gasteiger partial charge in [-0.25, -0.2) is 8.42 Å². The van der Waals surface area contributed by atoms with E-state index in [-0.39, 0.29) is 10.8 Å². The van der Waals surface area contributed by atoms with Gasteiger partial charge in [0.1, 0.15) is 5.75 Å². The first-order valence-corrected chi connectivity index (χ1v) is 12.6. The van der Waals surface area contributed by atoms with Crippen LogP contribution in [0.3, 0.4) is 0 Å². The highest BCUT2D eigenvalue weighted by Gasteiger charge is 2.27. The number of sulfonamides is 1. The molecule has 9 heteroatoms. The van der Waals surface area contributed by atoms with Gasteiger partial charge in [-0.3, -0.25) is 4.79 Å². The van der Waals surface area contributed by atoms with Gasteiger partial charge in [-0.2, -0.15) is 4.31 Å². The minimum atomic E-state index is -3.62. The van der Waals surface area contributed by atoms with Crippen LogP contribution in [0.15, 0.2) is 59.5 Å². The van der Waals surface area contributed by atoms with Crippen molar-refractivity contribution in [3.8, 4) is 11.4 Å². The van der Waals surface area contributed by atoms with E-state index in [1.165, 1.54) is 10.4 Å². The molecular weight excluding hydrogens is 452 g/mol. The van der Waals surface area contributed by atoms with Crippen LogP contribution in [0.5, 0.6) is 5.75 Å². The molecule has 1 aliphatic heterocycles. The molecule has 34 heavy (non-hydrogen) atoms. The number of anilines is 1. The quantitative estimate of drug-likeness (QED) is 0.583. The predicted octanol–water partition coefficient (Wildman–Crippen LogP) is 3.29. The highest BCUT2D eigenvalue weighted by Crippen LogP contribution is 2.25. The molecule has 3 aromatic rings. The third kappa shape index (κ3) is 4.72. The Morgan fingerprint density at radius 1 is 0.971 bits per heavy atom. The summed E-state index contributed by atoms with van der Waals surface area (Å²) in [6.45, 7) is 6.12. The number of nitrogens with zero attached hydrogens (tertiary/aromatic N) is 3. The number of carbonyl (C=O) groups is 1. The first-order valence-electron chi connectivity index (χ1n) is 11.1. The second-order valence-electron chi connectivity index (χ2n) is 8.51. The molecule has 2 aromatic carbocycles. The molecule has 1 aromatic heterocycles. The van der Waals surface area contributed by atoms with Crippen molar-refractivity contribution >= 4 is 21.6 Å². The van der Waals surface area contributed by atoms with Crippen molar-refractivity contribution < 1.29 is 17.9 Å². The van der Waals surface area contributed by atoms with Crippen LogP contribution in [0, 0.1) is 13.8 Å². The highest BCUT2D eigenvalue weighted by molar-refractivity contribution is 7.89. The first-order chi connectivity index (χ1) is 16.2. The molecule has 0 unspecified atom stereocenters. The number of rotatable bonds is 6. The topological polar surface area (TPSA) is 83.9 Å². The van der Waals surface area contributed by atoms with E-state index in [1.807, 2.05) is 55.8 Å². The molecule has 0 atom stereocenters. The van der Waals surface area contributed by atoms with Crippen LogP contribution < -0.4 is 10.1 Å². The Labute approximate surface area is 200 Å². The van der Waals surface area contributed by atoms with Crippen molar-refractivity contribution in [2.24, 2.45) is 0 Å². The van der Waals surface area contributed by atoms with E-state index >= 15 is 0 Å². The van der Waals surface area contributed by atoms with E-state index in [0.29, 0.717) is 37.4 Å². The van der Waals surface area contributed by atoms with Crippen LogP contribution in [-0.2, 0) is 10.0 Å². The van der Waals surface area contributed by atoms with Gasteiger partial charge in [-0.05, 0) is 69.4 Å². The molecule has 1 fully saturated rings. The number of piperazine rings is 1. The number of nitrogens with one attached hydrogen (secondary N) is 1. The molecule has 0 aliphatic carbocycles. The summed E-state index contributed by atoms with van der Waals surface area (Å²) in [5.41, 5.74) is 3.60. The summed E-state index contributed by atoms with van der Waals surface area (Å²) >= 11 is 0. The van der Waals surface area contributed by atoms with Gasteiger partial charge >= 0.3 is 0 Å². The number of carbonyl (C=O) groups excluding carboxylic acids is 1. The normalized spacial score (nSPS) is 15.3. The van der Waals surface area contributed by atoms with E-state index in [9.17, 15) is 13.2 Å². The Morgan fingerprint density at radius 2 is 1.65 bits per heavy atom. The molecule has 0 spiro atoms. The molecule has 180 valence electrons. The fourth-order valence-electron chi connectivity index (χ4n) is 4.23. The van der Waals surface area contributed by atoms with E-state index in [2.05, 4.69) is 10.2 Å². The smallest absolute Gasteiger partial charge is 0.257 e. The number of ether oxygens (including phenoxy) is 1. The number of hydrogen-bond donors (Lipinski definition) is 1. The zero-order valence-corrected chi connectivity index (χ0v) is 20.7. The molecule has 0 saturated carbocycles. The van der Waals surface area contributed by atoms with Crippen molar-refractivity contribution in [1.82, 2.24) is 13.8 Å². The number of aryl methyl sites for hydroxylation is 1. The molecule has 1 saturated heterocycles. The lowest BCUT2D eigenvalue weighted by Crippen LogP contribution is -2.47. The van der Waals surface area contributed by atoms with Crippen molar-refractivity contribution in [3.63, 3.8) is 0 Å². The second kappa shape index (κ2) is 9.61. The average molecular weight is 483 g/mol. The van der Waals surface area contributed by atoms with Crippen molar-refractivity contribution in [1.29, 1.82) is 0 Å². The number of amides is 1. The number of aromatic nitrogens is 1. The average Bonchev–Trinajstić information content (AvgIpc) is 3.13. The fourth-order valence-corrected chi connectivity index (χ4v) is 5.70. The van der Waals surface area contributed by atoms with Crippen molar-refractivity contribution in [2.45, 2.75) is 18.7 Å². The molecular formula is C25H30N4O4S. The molecule has 1 amide bonds. The summed E-state index contributed by atoms with van der Waals surface area (Å²) in [6.07, 6.45) is 0. The maximum Gasteiger partial charge on any atom is 0.257 e. The van der Waals surface area contributed by atoms with Gasteiger partial charge in [-0.1, -0.05) is 6.07 Å². The third-order valence-corrected chi connectivity index (χ3v) is 8.09. The van der Waals surface area contributed by atoms with E-state index in [0.717, 1.165) is 22.8 Å². The lowest BCUT2D eigenvalue weighted by molar-refractivity contribution is 0.102. The van der Waals surface area contributed by atoms with Crippen LogP contribution in [0.25, 0.3) is 5.69 Å². The largest absolute Gasteiger partial charge is 0.497 e. The monoisotopic (exact) mass is 482 g/mol. The summed E-state index contributed by atoms with van der Waals surface area (Å²) < 4.78 is 34.9.